The van der Waals surface area contributed by atoms with Crippen LogP contribution < -0.4 is 10.5 Å². The van der Waals surface area contributed by atoms with Crippen LogP contribution in [0.2, 0.25) is 0 Å². The van der Waals surface area contributed by atoms with Crippen molar-refractivity contribution in [2.45, 2.75) is 0 Å². The Labute approximate surface area is 206 Å². The van der Waals surface area contributed by atoms with Crippen LogP contribution in [-0.4, -0.2) is 16.8 Å². The van der Waals surface area contributed by atoms with Crippen LogP contribution in [0.1, 0.15) is 20.7 Å². The summed E-state index contributed by atoms with van der Waals surface area (Å²) in [4.78, 5) is 44.8. The summed E-state index contributed by atoms with van der Waals surface area (Å²) in [5.74, 6) is -0.882. The minimum Gasteiger partial charge on any atom is -0.421 e. The maximum absolute atomic E-state index is 13.3. The van der Waals surface area contributed by atoms with Gasteiger partial charge >= 0.3 is 5.63 Å². The molecule has 0 radical (unpaired) electrons. The normalized spacial score (nSPS) is 13.3. The molecule has 0 saturated heterocycles. The number of carbonyl (C=O) groups is 2. The van der Waals surface area contributed by atoms with Crippen LogP contribution in [0.5, 0.6) is 0 Å². The van der Waals surface area contributed by atoms with Gasteiger partial charge in [0.15, 0.2) is 10.7 Å². The van der Waals surface area contributed by atoms with Gasteiger partial charge < -0.3 is 4.42 Å². The molecule has 2 aromatic heterocycles. The molecule has 1 aliphatic rings. The first-order valence-corrected chi connectivity index (χ1v) is 12.2. The molecule has 9 heteroatoms. The van der Waals surface area contributed by atoms with Gasteiger partial charge in [-0.15, -0.1) is 11.3 Å². The van der Waals surface area contributed by atoms with Crippen molar-refractivity contribution in [1.29, 1.82) is 0 Å². The fraction of sp³-hybridized carbons (Fsp3) is 0. The van der Waals surface area contributed by atoms with E-state index in [4.69, 9.17) is 4.42 Å². The lowest BCUT2D eigenvalue weighted by Crippen LogP contribution is -2.40. The third kappa shape index (κ3) is 3.11. The SMILES string of the molecule is O=C1c2cccc3cccc(c23)C(=O)N1c1nc(-c2cc3cc(Br)cc(Br)c3oc2=O)cs1. The monoisotopic (exact) mass is 580 g/mol. The number of anilines is 1. The summed E-state index contributed by atoms with van der Waals surface area (Å²) in [7, 11) is 0. The van der Waals surface area contributed by atoms with Crippen molar-refractivity contribution < 1.29 is 14.0 Å². The molecule has 5 aromatic rings. The molecule has 3 aromatic carbocycles. The third-order valence-electron chi connectivity index (χ3n) is 5.48. The van der Waals surface area contributed by atoms with Gasteiger partial charge in [-0.1, -0.05) is 40.2 Å². The van der Waals surface area contributed by atoms with E-state index in [1.54, 1.807) is 41.8 Å². The molecule has 0 saturated carbocycles. The van der Waals surface area contributed by atoms with Gasteiger partial charge in [-0.3, -0.25) is 9.59 Å². The average molecular weight is 582 g/mol. The van der Waals surface area contributed by atoms with E-state index < -0.39 is 17.4 Å². The predicted octanol–water partition coefficient (Wildman–Crippen LogP) is 6.40. The number of amides is 2. The molecule has 6 nitrogen and oxygen atoms in total. The minimum atomic E-state index is -0.561. The number of imide groups is 1. The van der Waals surface area contributed by atoms with Gasteiger partial charge in [0.1, 0.15) is 0 Å². The van der Waals surface area contributed by atoms with Crippen molar-refractivity contribution in [3.05, 3.63) is 90.5 Å². The molecule has 160 valence electrons. The molecule has 33 heavy (non-hydrogen) atoms. The molecule has 0 atom stereocenters. The largest absolute Gasteiger partial charge is 0.421 e. The highest BCUT2D eigenvalue weighted by Crippen LogP contribution is 2.36. The maximum Gasteiger partial charge on any atom is 0.345 e. The zero-order chi connectivity index (χ0) is 22.9. The Morgan fingerprint density at radius 3 is 2.24 bits per heavy atom. The lowest BCUT2D eigenvalue weighted by molar-refractivity contribution is 0.0893. The standard InChI is InChI=1S/C24H10Br2N2O4S/c25-13-7-12-8-16(23(31)32-20(12)17(26)9-13)18-10-33-24(27-18)28-21(29)14-5-1-3-11-4-2-6-15(19(11)14)22(28)30/h1-10H. The van der Waals surface area contributed by atoms with E-state index in [0.29, 0.717) is 37.6 Å². The summed E-state index contributed by atoms with van der Waals surface area (Å²) < 4.78 is 6.97. The van der Waals surface area contributed by atoms with Crippen LogP contribution in [-0.2, 0) is 0 Å². The summed E-state index contributed by atoms with van der Waals surface area (Å²) in [5, 5.41) is 4.02. The van der Waals surface area contributed by atoms with Crippen molar-refractivity contribution in [2.24, 2.45) is 0 Å². The number of fused-ring (bicyclic) bond motifs is 1. The second kappa shape index (κ2) is 7.44. The predicted molar refractivity (Wildman–Crippen MR) is 134 cm³/mol. The summed E-state index contributed by atoms with van der Waals surface area (Å²) in [5.41, 5.74) is 1.33. The Morgan fingerprint density at radius 2 is 1.55 bits per heavy atom. The van der Waals surface area contributed by atoms with E-state index in [1.807, 2.05) is 18.2 Å². The van der Waals surface area contributed by atoms with Gasteiger partial charge in [0.05, 0.1) is 15.7 Å². The van der Waals surface area contributed by atoms with Crippen LogP contribution in [0, 0.1) is 0 Å². The van der Waals surface area contributed by atoms with E-state index in [9.17, 15) is 14.4 Å². The lowest BCUT2D eigenvalue weighted by atomic mass is 9.94. The number of thiazole rings is 1. The van der Waals surface area contributed by atoms with Crippen LogP contribution in [0.3, 0.4) is 0 Å². The number of carbonyl (C=O) groups excluding carboxylic acids is 2. The van der Waals surface area contributed by atoms with Gasteiger partial charge in [-0.2, -0.15) is 0 Å². The first kappa shape index (κ1) is 20.5. The summed E-state index contributed by atoms with van der Waals surface area (Å²) in [6, 6.07) is 16.0. The molecule has 6 rings (SSSR count). The van der Waals surface area contributed by atoms with E-state index in [2.05, 4.69) is 36.8 Å². The molecule has 2 amide bonds. The molecular formula is C24H10Br2N2O4S. The molecule has 0 spiro atoms. The van der Waals surface area contributed by atoms with E-state index in [0.717, 1.165) is 26.1 Å². The Morgan fingerprint density at radius 1 is 0.848 bits per heavy atom. The number of halogens is 2. The van der Waals surface area contributed by atoms with Gasteiger partial charge in [-0.25, -0.2) is 14.7 Å². The minimum absolute atomic E-state index is 0.196. The van der Waals surface area contributed by atoms with Crippen molar-refractivity contribution in [3.63, 3.8) is 0 Å². The van der Waals surface area contributed by atoms with Gasteiger partial charge in [-0.05, 0) is 51.6 Å². The van der Waals surface area contributed by atoms with E-state index in [-0.39, 0.29) is 10.7 Å². The van der Waals surface area contributed by atoms with Crippen molar-refractivity contribution >= 4 is 81.9 Å². The van der Waals surface area contributed by atoms with Crippen LogP contribution in [0.4, 0.5) is 5.13 Å². The number of benzene rings is 3. The molecule has 0 N–H and O–H groups in total. The second-order valence-corrected chi connectivity index (χ2v) is 10.0. The van der Waals surface area contributed by atoms with Crippen LogP contribution in [0.25, 0.3) is 33.0 Å². The van der Waals surface area contributed by atoms with Gasteiger partial charge in [0.2, 0.25) is 0 Å². The number of nitrogens with zero attached hydrogens (tertiary/aromatic N) is 2. The molecule has 0 unspecified atom stereocenters. The van der Waals surface area contributed by atoms with Crippen LogP contribution in [0.15, 0.2) is 78.1 Å². The zero-order valence-electron chi connectivity index (χ0n) is 16.5. The quantitative estimate of drug-likeness (QED) is 0.178. The van der Waals surface area contributed by atoms with Crippen molar-refractivity contribution in [3.8, 4) is 11.3 Å². The Bertz CT molecular complexity index is 1670. The van der Waals surface area contributed by atoms with Crippen molar-refractivity contribution in [1.82, 2.24) is 4.98 Å². The number of rotatable bonds is 2. The highest BCUT2D eigenvalue weighted by molar-refractivity contribution is 9.11. The van der Waals surface area contributed by atoms with E-state index >= 15 is 0 Å². The molecule has 1 aliphatic heterocycles. The highest BCUT2D eigenvalue weighted by atomic mass is 79.9. The Kier molecular flexibility index (Phi) is 4.62. The molecule has 0 fully saturated rings. The molecule has 3 heterocycles. The fourth-order valence-corrected chi connectivity index (χ4v) is 6.19. The topological polar surface area (TPSA) is 80.5 Å². The summed E-state index contributed by atoms with van der Waals surface area (Å²) in [6.45, 7) is 0. The Balaban J connectivity index is 1.47. The molecular weight excluding hydrogens is 572 g/mol. The highest BCUT2D eigenvalue weighted by Gasteiger charge is 2.35. The van der Waals surface area contributed by atoms with Gasteiger partial charge in [0, 0.05) is 31.8 Å². The molecule has 0 aliphatic carbocycles. The first-order valence-electron chi connectivity index (χ1n) is 9.72. The third-order valence-corrected chi connectivity index (χ3v) is 7.36. The van der Waals surface area contributed by atoms with Crippen LogP contribution >= 0.6 is 43.2 Å². The summed E-state index contributed by atoms with van der Waals surface area (Å²) >= 11 is 7.95. The van der Waals surface area contributed by atoms with E-state index in [1.165, 1.54) is 0 Å². The number of hydrogen-bond donors (Lipinski definition) is 0. The number of aromatic nitrogens is 1. The Hall–Kier alpha value is -3.14. The van der Waals surface area contributed by atoms with Crippen molar-refractivity contribution in [2.75, 3.05) is 4.90 Å². The smallest absolute Gasteiger partial charge is 0.345 e. The average Bonchev–Trinajstić information content (AvgIpc) is 3.27. The zero-order valence-corrected chi connectivity index (χ0v) is 20.5. The second-order valence-electron chi connectivity index (χ2n) is 7.42. The summed E-state index contributed by atoms with van der Waals surface area (Å²) in [6.07, 6.45) is 0. The van der Waals surface area contributed by atoms with Gasteiger partial charge in [0.25, 0.3) is 11.8 Å². The first-order chi connectivity index (χ1) is 15.9. The maximum atomic E-state index is 13.3. The fourth-order valence-electron chi connectivity index (χ4n) is 4.03. The molecule has 0 bridgehead atoms. The number of hydrogen-bond acceptors (Lipinski definition) is 6. The lowest BCUT2D eigenvalue weighted by Gasteiger charge is -2.25.